The largest absolute Gasteiger partial charge is 0.492 e. The first-order chi connectivity index (χ1) is 8.86. The predicted octanol–water partition coefficient (Wildman–Crippen LogP) is 3.88. The Hall–Kier alpha value is -1.77. The molecular formula is C16H22N2O. The van der Waals surface area contributed by atoms with Crippen molar-refractivity contribution >= 4 is 0 Å². The quantitative estimate of drug-likeness (QED) is 0.887. The van der Waals surface area contributed by atoms with Crippen LogP contribution in [0.3, 0.4) is 0 Å². The van der Waals surface area contributed by atoms with Gasteiger partial charge in [0.1, 0.15) is 0 Å². The van der Waals surface area contributed by atoms with Crippen LogP contribution in [0, 0.1) is 6.92 Å². The Kier molecular flexibility index (Phi) is 3.40. The molecule has 0 fully saturated rings. The SMILES string of the molecule is CCn1nc(O)c(C(C)(C)C)c1-c1ccccc1C. The van der Waals surface area contributed by atoms with E-state index in [1.165, 1.54) is 5.56 Å². The molecule has 0 aliphatic carbocycles. The van der Waals surface area contributed by atoms with Crippen molar-refractivity contribution in [2.24, 2.45) is 0 Å². The van der Waals surface area contributed by atoms with Gasteiger partial charge < -0.3 is 5.11 Å². The van der Waals surface area contributed by atoms with Gasteiger partial charge in [0.2, 0.25) is 5.88 Å². The maximum absolute atomic E-state index is 10.2. The molecule has 0 saturated heterocycles. The summed E-state index contributed by atoms with van der Waals surface area (Å²) in [4.78, 5) is 0. The van der Waals surface area contributed by atoms with Crippen molar-refractivity contribution in [3.05, 3.63) is 35.4 Å². The van der Waals surface area contributed by atoms with Gasteiger partial charge in [0.15, 0.2) is 0 Å². The maximum atomic E-state index is 10.2. The molecule has 3 heteroatoms. The summed E-state index contributed by atoms with van der Waals surface area (Å²) in [6.07, 6.45) is 0. The Bertz CT molecular complexity index is 591. The van der Waals surface area contributed by atoms with E-state index in [1.54, 1.807) is 0 Å². The fraction of sp³-hybridized carbons (Fsp3) is 0.438. The highest BCUT2D eigenvalue weighted by molar-refractivity contribution is 5.70. The van der Waals surface area contributed by atoms with Crippen molar-refractivity contribution in [3.8, 4) is 17.1 Å². The Morgan fingerprint density at radius 3 is 2.37 bits per heavy atom. The summed E-state index contributed by atoms with van der Waals surface area (Å²) in [6.45, 7) is 11.2. The lowest BCUT2D eigenvalue weighted by molar-refractivity contribution is 0.422. The first-order valence-electron chi connectivity index (χ1n) is 6.72. The monoisotopic (exact) mass is 258 g/mol. The molecular weight excluding hydrogens is 236 g/mol. The zero-order valence-electron chi connectivity index (χ0n) is 12.4. The highest BCUT2D eigenvalue weighted by Gasteiger charge is 2.28. The topological polar surface area (TPSA) is 38.0 Å². The van der Waals surface area contributed by atoms with Crippen LogP contribution in [0.4, 0.5) is 0 Å². The summed E-state index contributed by atoms with van der Waals surface area (Å²) in [5.74, 6) is 0.146. The first kappa shape index (κ1) is 13.7. The zero-order valence-corrected chi connectivity index (χ0v) is 12.4. The lowest BCUT2D eigenvalue weighted by Crippen LogP contribution is -2.13. The summed E-state index contributed by atoms with van der Waals surface area (Å²) in [5.41, 5.74) is 4.15. The minimum absolute atomic E-state index is 0.144. The van der Waals surface area contributed by atoms with Gasteiger partial charge in [-0.15, -0.1) is 5.10 Å². The molecule has 1 aromatic heterocycles. The summed E-state index contributed by atoms with van der Waals surface area (Å²) < 4.78 is 1.89. The minimum atomic E-state index is -0.144. The first-order valence-corrected chi connectivity index (χ1v) is 6.72. The molecule has 0 atom stereocenters. The second-order valence-corrected chi connectivity index (χ2v) is 5.93. The number of hydrogen-bond donors (Lipinski definition) is 1. The molecule has 2 rings (SSSR count). The van der Waals surface area contributed by atoms with Crippen LogP contribution in [0.5, 0.6) is 5.88 Å². The number of rotatable bonds is 2. The molecule has 1 heterocycles. The second-order valence-electron chi connectivity index (χ2n) is 5.93. The zero-order chi connectivity index (χ0) is 14.2. The highest BCUT2D eigenvalue weighted by atomic mass is 16.3. The molecule has 0 aliphatic heterocycles. The van der Waals surface area contributed by atoms with Crippen LogP contribution in [0.2, 0.25) is 0 Å². The predicted molar refractivity (Wildman–Crippen MR) is 78.4 cm³/mol. The number of benzene rings is 1. The third-order valence-electron chi connectivity index (χ3n) is 3.38. The van der Waals surface area contributed by atoms with E-state index in [4.69, 9.17) is 0 Å². The fourth-order valence-corrected chi connectivity index (χ4v) is 2.48. The highest BCUT2D eigenvalue weighted by Crippen LogP contribution is 2.39. The fourth-order valence-electron chi connectivity index (χ4n) is 2.48. The van der Waals surface area contributed by atoms with Crippen molar-refractivity contribution in [2.75, 3.05) is 0 Å². The van der Waals surface area contributed by atoms with Crippen LogP contribution < -0.4 is 0 Å². The van der Waals surface area contributed by atoms with Gasteiger partial charge in [-0.1, -0.05) is 45.0 Å². The number of hydrogen-bond acceptors (Lipinski definition) is 2. The lowest BCUT2D eigenvalue weighted by atomic mass is 9.84. The summed E-state index contributed by atoms with van der Waals surface area (Å²) in [7, 11) is 0. The van der Waals surface area contributed by atoms with Crippen molar-refractivity contribution in [3.63, 3.8) is 0 Å². The van der Waals surface area contributed by atoms with E-state index in [0.29, 0.717) is 0 Å². The van der Waals surface area contributed by atoms with Crippen LogP contribution in [0.25, 0.3) is 11.3 Å². The number of nitrogens with zero attached hydrogens (tertiary/aromatic N) is 2. The van der Waals surface area contributed by atoms with Crippen LogP contribution in [-0.2, 0) is 12.0 Å². The van der Waals surface area contributed by atoms with Gasteiger partial charge in [-0.05, 0) is 24.8 Å². The minimum Gasteiger partial charge on any atom is -0.492 e. The maximum Gasteiger partial charge on any atom is 0.234 e. The van der Waals surface area contributed by atoms with Crippen LogP contribution in [0.15, 0.2) is 24.3 Å². The molecule has 1 aromatic carbocycles. The Labute approximate surface area is 114 Å². The smallest absolute Gasteiger partial charge is 0.234 e. The molecule has 102 valence electrons. The standard InChI is InChI=1S/C16H22N2O/c1-6-18-14(12-10-8-7-9-11(12)2)13(15(19)17-18)16(3,4)5/h7-10H,6H2,1-5H3,(H,17,19). The molecule has 1 N–H and O–H groups in total. The van der Waals surface area contributed by atoms with E-state index in [-0.39, 0.29) is 11.3 Å². The number of aryl methyl sites for hydroxylation is 2. The van der Waals surface area contributed by atoms with Gasteiger partial charge in [0, 0.05) is 17.7 Å². The normalized spacial score (nSPS) is 11.8. The molecule has 2 aromatic rings. The molecule has 0 spiro atoms. The van der Waals surface area contributed by atoms with Crippen LogP contribution in [0.1, 0.15) is 38.8 Å². The van der Waals surface area contributed by atoms with Gasteiger partial charge in [-0.2, -0.15) is 0 Å². The molecule has 0 amide bonds. The average molecular weight is 258 g/mol. The molecule has 19 heavy (non-hydrogen) atoms. The molecule has 0 bridgehead atoms. The summed E-state index contributed by atoms with van der Waals surface area (Å²) in [5, 5.41) is 14.5. The third kappa shape index (κ3) is 2.37. The van der Waals surface area contributed by atoms with Crippen molar-refractivity contribution < 1.29 is 5.11 Å². The summed E-state index contributed by atoms with van der Waals surface area (Å²) >= 11 is 0. The van der Waals surface area contributed by atoms with E-state index in [0.717, 1.165) is 23.4 Å². The molecule has 3 nitrogen and oxygen atoms in total. The second kappa shape index (κ2) is 4.72. The van der Waals surface area contributed by atoms with E-state index in [1.807, 2.05) is 23.7 Å². The van der Waals surface area contributed by atoms with Crippen molar-refractivity contribution in [1.29, 1.82) is 0 Å². The van der Waals surface area contributed by atoms with E-state index < -0.39 is 0 Å². The average Bonchev–Trinajstić information content (AvgIpc) is 2.66. The number of aromatic nitrogens is 2. The lowest BCUT2D eigenvalue weighted by Gasteiger charge is -2.20. The number of aromatic hydroxyl groups is 1. The van der Waals surface area contributed by atoms with Gasteiger partial charge in [-0.3, -0.25) is 4.68 Å². The molecule has 0 radical (unpaired) electrons. The molecule has 0 aliphatic rings. The van der Waals surface area contributed by atoms with Crippen molar-refractivity contribution in [2.45, 2.75) is 46.6 Å². The Morgan fingerprint density at radius 1 is 1.21 bits per heavy atom. The van der Waals surface area contributed by atoms with Crippen LogP contribution >= 0.6 is 0 Å². The van der Waals surface area contributed by atoms with E-state index in [9.17, 15) is 5.11 Å². The Morgan fingerprint density at radius 2 is 1.84 bits per heavy atom. The molecule has 0 saturated carbocycles. The van der Waals surface area contributed by atoms with Gasteiger partial charge in [-0.25, -0.2) is 0 Å². The Balaban J connectivity index is 2.78. The molecule has 0 unspecified atom stereocenters. The van der Waals surface area contributed by atoms with Gasteiger partial charge in [0.05, 0.1) is 5.69 Å². The summed E-state index contributed by atoms with van der Waals surface area (Å²) in [6, 6.07) is 8.24. The van der Waals surface area contributed by atoms with Gasteiger partial charge >= 0.3 is 0 Å². The van der Waals surface area contributed by atoms with E-state index in [2.05, 4.69) is 44.9 Å². The van der Waals surface area contributed by atoms with Gasteiger partial charge in [0.25, 0.3) is 0 Å². The van der Waals surface area contributed by atoms with Crippen molar-refractivity contribution in [1.82, 2.24) is 9.78 Å². The van der Waals surface area contributed by atoms with Crippen LogP contribution in [-0.4, -0.2) is 14.9 Å². The third-order valence-corrected chi connectivity index (χ3v) is 3.38. The van der Waals surface area contributed by atoms with E-state index >= 15 is 0 Å².